The molecule has 2 atom stereocenters. The Hall–Kier alpha value is -1.10. The average molecular weight is 228 g/mol. The number of carbonyl (C=O) groups is 2. The predicted molar refractivity (Wildman–Crippen MR) is 60.1 cm³/mol. The van der Waals surface area contributed by atoms with Crippen LogP contribution in [0.5, 0.6) is 0 Å². The molecule has 0 radical (unpaired) electrons. The Labute approximate surface area is 95.6 Å². The molecule has 1 saturated heterocycles. The topological polar surface area (TPSA) is 78.4 Å². The highest BCUT2D eigenvalue weighted by Gasteiger charge is 2.20. The van der Waals surface area contributed by atoms with Gasteiger partial charge in [0.2, 0.25) is 5.91 Å². The van der Waals surface area contributed by atoms with Crippen LogP contribution in [0.4, 0.5) is 0 Å². The second kappa shape index (κ2) is 6.48. The minimum Gasteiger partial charge on any atom is -0.481 e. The third-order valence-corrected chi connectivity index (χ3v) is 2.92. The zero-order valence-electron chi connectivity index (χ0n) is 9.66. The summed E-state index contributed by atoms with van der Waals surface area (Å²) in [6, 6.07) is -0.0890. The van der Waals surface area contributed by atoms with E-state index >= 15 is 0 Å². The van der Waals surface area contributed by atoms with Gasteiger partial charge in [0.05, 0.1) is 12.0 Å². The number of rotatable bonds is 5. The molecule has 5 heteroatoms. The summed E-state index contributed by atoms with van der Waals surface area (Å²) in [5.74, 6) is -1.22. The van der Waals surface area contributed by atoms with Gasteiger partial charge in [-0.2, -0.15) is 0 Å². The van der Waals surface area contributed by atoms with E-state index in [2.05, 4.69) is 10.6 Å². The van der Waals surface area contributed by atoms with Crippen LogP contribution in [0.25, 0.3) is 0 Å². The molecule has 0 spiro atoms. The molecule has 0 aromatic carbocycles. The molecule has 1 fully saturated rings. The number of carboxylic acids is 1. The third-order valence-electron chi connectivity index (χ3n) is 2.92. The van der Waals surface area contributed by atoms with E-state index in [1.807, 2.05) is 0 Å². The van der Waals surface area contributed by atoms with Gasteiger partial charge in [0.25, 0.3) is 0 Å². The van der Waals surface area contributed by atoms with E-state index in [1.54, 1.807) is 6.92 Å². The van der Waals surface area contributed by atoms with Crippen molar-refractivity contribution >= 4 is 11.9 Å². The molecule has 3 N–H and O–H groups in total. The zero-order chi connectivity index (χ0) is 12.0. The molecule has 1 aliphatic heterocycles. The molecule has 16 heavy (non-hydrogen) atoms. The Balaban J connectivity index is 2.16. The van der Waals surface area contributed by atoms with Crippen molar-refractivity contribution in [2.45, 2.75) is 38.6 Å². The summed E-state index contributed by atoms with van der Waals surface area (Å²) in [5.41, 5.74) is 0. The Bertz CT molecular complexity index is 250. The lowest BCUT2D eigenvalue weighted by Gasteiger charge is -2.22. The van der Waals surface area contributed by atoms with Gasteiger partial charge in [-0.05, 0) is 25.8 Å². The summed E-state index contributed by atoms with van der Waals surface area (Å²) in [7, 11) is 0. The fourth-order valence-electron chi connectivity index (χ4n) is 1.73. The highest BCUT2D eigenvalue weighted by atomic mass is 16.4. The number of carboxylic acid groups (broad SMARTS) is 1. The molecule has 0 bridgehead atoms. The number of amides is 1. The summed E-state index contributed by atoms with van der Waals surface area (Å²) in [5, 5.41) is 14.6. The number of hydrogen-bond donors (Lipinski definition) is 3. The van der Waals surface area contributed by atoms with Crippen molar-refractivity contribution in [2.75, 3.05) is 13.1 Å². The maximum atomic E-state index is 11.6. The molecule has 5 nitrogen and oxygen atoms in total. The van der Waals surface area contributed by atoms with Crippen LogP contribution in [0.2, 0.25) is 0 Å². The lowest BCUT2D eigenvalue weighted by molar-refractivity contribution is -0.141. The van der Waals surface area contributed by atoms with Gasteiger partial charge >= 0.3 is 5.97 Å². The molecule has 92 valence electrons. The van der Waals surface area contributed by atoms with Crippen LogP contribution in [0.1, 0.15) is 32.6 Å². The second-order valence-electron chi connectivity index (χ2n) is 4.32. The van der Waals surface area contributed by atoms with Crippen molar-refractivity contribution < 1.29 is 14.7 Å². The fraction of sp³-hybridized carbons (Fsp3) is 0.818. The Kier molecular flexibility index (Phi) is 5.25. The number of hydrogen-bond acceptors (Lipinski definition) is 3. The van der Waals surface area contributed by atoms with Crippen LogP contribution in [0, 0.1) is 5.92 Å². The second-order valence-corrected chi connectivity index (χ2v) is 4.32. The van der Waals surface area contributed by atoms with Gasteiger partial charge in [-0.3, -0.25) is 9.59 Å². The fourth-order valence-corrected chi connectivity index (χ4v) is 1.73. The van der Waals surface area contributed by atoms with Gasteiger partial charge in [-0.25, -0.2) is 0 Å². The highest BCUT2D eigenvalue weighted by Crippen LogP contribution is 2.07. The first kappa shape index (κ1) is 13.0. The predicted octanol–water partition coefficient (Wildman–Crippen LogP) is 0.356. The van der Waals surface area contributed by atoms with Gasteiger partial charge < -0.3 is 15.7 Å². The molecule has 1 aliphatic rings. The lowest BCUT2D eigenvalue weighted by Crippen LogP contribution is -2.47. The number of nitrogens with one attached hydrogen (secondary N) is 2. The van der Waals surface area contributed by atoms with E-state index in [0.29, 0.717) is 13.0 Å². The van der Waals surface area contributed by atoms with E-state index < -0.39 is 11.9 Å². The van der Waals surface area contributed by atoms with Gasteiger partial charge in [-0.1, -0.05) is 13.3 Å². The van der Waals surface area contributed by atoms with Crippen molar-refractivity contribution in [3.63, 3.8) is 0 Å². The van der Waals surface area contributed by atoms with E-state index in [0.717, 1.165) is 25.8 Å². The molecule has 0 aliphatic carbocycles. The van der Waals surface area contributed by atoms with E-state index in [4.69, 9.17) is 5.11 Å². The molecule has 0 aromatic heterocycles. The van der Waals surface area contributed by atoms with Crippen LogP contribution >= 0.6 is 0 Å². The normalized spacial score (nSPS) is 22.4. The van der Waals surface area contributed by atoms with Crippen LogP contribution in [-0.4, -0.2) is 36.1 Å². The molecule has 1 amide bonds. The van der Waals surface area contributed by atoms with E-state index in [9.17, 15) is 9.59 Å². The van der Waals surface area contributed by atoms with Crippen LogP contribution in [0.15, 0.2) is 0 Å². The molecule has 1 rings (SSSR count). The first-order valence-corrected chi connectivity index (χ1v) is 5.85. The monoisotopic (exact) mass is 228 g/mol. The largest absolute Gasteiger partial charge is 0.481 e. The van der Waals surface area contributed by atoms with Gasteiger partial charge in [0.15, 0.2) is 0 Å². The smallest absolute Gasteiger partial charge is 0.306 e. The first-order valence-electron chi connectivity index (χ1n) is 5.85. The SMILES string of the molecule is CC(CCNC(=O)[C@H]1CCCCN1)C(=O)O. The lowest BCUT2D eigenvalue weighted by atomic mass is 10.0. The molecule has 0 saturated carbocycles. The molecule has 1 heterocycles. The summed E-state index contributed by atoms with van der Waals surface area (Å²) >= 11 is 0. The molecular formula is C11H20N2O3. The van der Waals surface area contributed by atoms with E-state index in [-0.39, 0.29) is 11.9 Å². The first-order chi connectivity index (χ1) is 7.61. The Morgan fingerprint density at radius 1 is 1.50 bits per heavy atom. The highest BCUT2D eigenvalue weighted by molar-refractivity contribution is 5.81. The number of carbonyl (C=O) groups excluding carboxylic acids is 1. The van der Waals surface area contributed by atoms with Crippen molar-refractivity contribution in [2.24, 2.45) is 5.92 Å². The molecule has 1 unspecified atom stereocenters. The van der Waals surface area contributed by atoms with Crippen LogP contribution < -0.4 is 10.6 Å². The van der Waals surface area contributed by atoms with E-state index in [1.165, 1.54) is 0 Å². The van der Waals surface area contributed by atoms with Gasteiger partial charge in [0.1, 0.15) is 0 Å². The summed E-state index contributed by atoms with van der Waals surface area (Å²) in [6.45, 7) is 2.97. The zero-order valence-corrected chi connectivity index (χ0v) is 9.66. The van der Waals surface area contributed by atoms with Crippen LogP contribution in [0.3, 0.4) is 0 Å². The summed E-state index contributed by atoms with van der Waals surface area (Å²) in [6.07, 6.45) is 3.56. The van der Waals surface area contributed by atoms with Crippen molar-refractivity contribution in [3.05, 3.63) is 0 Å². The molecular weight excluding hydrogens is 208 g/mol. The van der Waals surface area contributed by atoms with Crippen molar-refractivity contribution in [1.82, 2.24) is 10.6 Å². The van der Waals surface area contributed by atoms with Crippen molar-refractivity contribution in [1.29, 1.82) is 0 Å². The number of aliphatic carboxylic acids is 1. The van der Waals surface area contributed by atoms with Crippen molar-refractivity contribution in [3.8, 4) is 0 Å². The van der Waals surface area contributed by atoms with Gasteiger partial charge in [-0.15, -0.1) is 0 Å². The van der Waals surface area contributed by atoms with Crippen LogP contribution in [-0.2, 0) is 9.59 Å². The van der Waals surface area contributed by atoms with Gasteiger partial charge in [0, 0.05) is 6.54 Å². The third kappa shape index (κ3) is 4.18. The number of piperidine rings is 1. The minimum absolute atomic E-state index is 0.00251. The Morgan fingerprint density at radius 2 is 2.25 bits per heavy atom. The molecule has 0 aromatic rings. The maximum Gasteiger partial charge on any atom is 0.306 e. The standard InChI is InChI=1S/C11H20N2O3/c1-8(11(15)16)5-7-13-10(14)9-4-2-3-6-12-9/h8-9,12H,2-7H2,1H3,(H,13,14)(H,15,16)/t8?,9-/m1/s1. The quantitative estimate of drug-likeness (QED) is 0.634. The summed E-state index contributed by atoms with van der Waals surface area (Å²) < 4.78 is 0. The average Bonchev–Trinajstić information content (AvgIpc) is 2.29. The maximum absolute atomic E-state index is 11.6. The summed E-state index contributed by atoms with van der Waals surface area (Å²) in [4.78, 5) is 22.2. The Morgan fingerprint density at radius 3 is 2.81 bits per heavy atom. The minimum atomic E-state index is -0.815.